The van der Waals surface area contributed by atoms with Gasteiger partial charge in [-0.1, -0.05) is 24.3 Å². The SMILES string of the molecule is COc1ccc(/C=C/C(CC(C)=O)C[N+](=O)[O-])cc1. The molecule has 0 aliphatic carbocycles. The van der Waals surface area contributed by atoms with Gasteiger partial charge in [0.2, 0.25) is 6.54 Å². The minimum atomic E-state index is -0.397. The first-order valence-corrected chi connectivity index (χ1v) is 5.94. The number of rotatable bonds is 7. The molecule has 0 amide bonds. The standard InChI is InChI=1S/C14H17NO4/c1-11(16)9-13(10-15(17)18)4-3-12-5-7-14(19-2)8-6-12/h3-8,13H,9-10H2,1-2H3/b4-3+. The molecule has 0 saturated carbocycles. The lowest BCUT2D eigenvalue weighted by molar-refractivity contribution is -0.485. The summed E-state index contributed by atoms with van der Waals surface area (Å²) in [6.45, 7) is 1.21. The number of carbonyl (C=O) groups is 1. The first kappa shape index (κ1) is 14.9. The summed E-state index contributed by atoms with van der Waals surface area (Å²) in [5.74, 6) is 0.337. The molecule has 5 heteroatoms. The van der Waals surface area contributed by atoms with Crippen LogP contribution in [0.4, 0.5) is 0 Å². The van der Waals surface area contributed by atoms with Crippen molar-refractivity contribution in [2.45, 2.75) is 13.3 Å². The highest BCUT2D eigenvalue weighted by molar-refractivity contribution is 5.76. The maximum atomic E-state index is 11.1. The molecule has 5 nitrogen and oxygen atoms in total. The molecule has 1 aromatic carbocycles. The number of nitrogens with zero attached hydrogens (tertiary/aromatic N) is 1. The fourth-order valence-corrected chi connectivity index (χ4v) is 1.72. The van der Waals surface area contributed by atoms with Crippen molar-refractivity contribution in [1.29, 1.82) is 0 Å². The van der Waals surface area contributed by atoms with E-state index in [0.29, 0.717) is 0 Å². The second kappa shape index (κ2) is 7.31. The predicted octanol–water partition coefficient (Wildman–Crippen LogP) is 2.58. The Hall–Kier alpha value is -2.17. The van der Waals surface area contributed by atoms with Crippen molar-refractivity contribution in [3.63, 3.8) is 0 Å². The predicted molar refractivity (Wildman–Crippen MR) is 72.7 cm³/mol. The Bertz CT molecular complexity index is 449. The zero-order valence-electron chi connectivity index (χ0n) is 11.0. The van der Waals surface area contributed by atoms with Crippen molar-refractivity contribution >= 4 is 11.9 Å². The summed E-state index contributed by atoms with van der Waals surface area (Å²) in [7, 11) is 1.59. The minimum absolute atomic E-state index is 0.0498. The van der Waals surface area contributed by atoms with Crippen LogP contribution in [0.15, 0.2) is 30.3 Å². The van der Waals surface area contributed by atoms with Crippen LogP contribution in [0.1, 0.15) is 18.9 Å². The summed E-state index contributed by atoms with van der Waals surface area (Å²) < 4.78 is 5.04. The monoisotopic (exact) mass is 263 g/mol. The maximum absolute atomic E-state index is 11.1. The number of ether oxygens (including phenoxy) is 1. The quantitative estimate of drug-likeness (QED) is 0.560. The highest BCUT2D eigenvalue weighted by Gasteiger charge is 2.14. The Kier molecular flexibility index (Phi) is 5.73. The number of ketones is 1. The summed E-state index contributed by atoms with van der Waals surface area (Å²) in [6.07, 6.45) is 3.69. The van der Waals surface area contributed by atoms with Gasteiger partial charge in [-0.05, 0) is 24.6 Å². The van der Waals surface area contributed by atoms with E-state index >= 15 is 0 Å². The largest absolute Gasteiger partial charge is 0.497 e. The Morgan fingerprint density at radius 2 is 2.05 bits per heavy atom. The van der Waals surface area contributed by atoms with E-state index in [1.54, 1.807) is 19.3 Å². The molecule has 0 radical (unpaired) electrons. The number of nitro groups is 1. The fraction of sp³-hybridized carbons (Fsp3) is 0.357. The molecule has 1 atom stereocenters. The molecule has 1 rings (SSSR count). The summed E-state index contributed by atoms with van der Waals surface area (Å²) >= 11 is 0. The Morgan fingerprint density at radius 3 is 2.53 bits per heavy atom. The second-order valence-corrected chi connectivity index (χ2v) is 4.31. The number of Topliss-reactive ketones (excluding diaryl/α,β-unsaturated/α-hetero) is 1. The summed E-state index contributed by atoms with van der Waals surface area (Å²) in [5, 5.41) is 10.5. The molecule has 0 spiro atoms. The second-order valence-electron chi connectivity index (χ2n) is 4.31. The Morgan fingerprint density at radius 1 is 1.42 bits per heavy atom. The molecule has 1 unspecified atom stereocenters. The average Bonchev–Trinajstić information content (AvgIpc) is 2.35. The third-order valence-electron chi connectivity index (χ3n) is 2.61. The van der Waals surface area contributed by atoms with Crippen LogP contribution in [-0.2, 0) is 4.79 Å². The van der Waals surface area contributed by atoms with E-state index in [-0.39, 0.29) is 24.7 Å². The molecule has 102 valence electrons. The van der Waals surface area contributed by atoms with Crippen molar-refractivity contribution in [3.8, 4) is 5.75 Å². The molecule has 0 aliphatic rings. The van der Waals surface area contributed by atoms with Gasteiger partial charge in [0.1, 0.15) is 11.5 Å². The molecule has 19 heavy (non-hydrogen) atoms. The molecule has 0 fully saturated rings. The van der Waals surface area contributed by atoms with Gasteiger partial charge in [-0.2, -0.15) is 0 Å². The van der Waals surface area contributed by atoms with Crippen LogP contribution in [0.25, 0.3) is 6.08 Å². The summed E-state index contributed by atoms with van der Waals surface area (Å²) in [6, 6.07) is 7.33. The maximum Gasteiger partial charge on any atom is 0.210 e. The van der Waals surface area contributed by atoms with Crippen molar-refractivity contribution in [2.24, 2.45) is 5.92 Å². The van der Waals surface area contributed by atoms with E-state index in [1.807, 2.05) is 24.3 Å². The first-order valence-electron chi connectivity index (χ1n) is 5.94. The third-order valence-corrected chi connectivity index (χ3v) is 2.61. The number of carbonyl (C=O) groups excluding carboxylic acids is 1. The van der Waals surface area contributed by atoms with Gasteiger partial charge in [-0.25, -0.2) is 0 Å². The lowest BCUT2D eigenvalue weighted by Gasteiger charge is -2.05. The van der Waals surface area contributed by atoms with Crippen LogP contribution in [0.2, 0.25) is 0 Å². The number of hydrogen-bond acceptors (Lipinski definition) is 4. The van der Waals surface area contributed by atoms with Crippen LogP contribution in [0, 0.1) is 16.0 Å². The van der Waals surface area contributed by atoms with Gasteiger partial charge >= 0.3 is 0 Å². The highest BCUT2D eigenvalue weighted by Crippen LogP contribution is 2.14. The molecule has 0 bridgehead atoms. The average molecular weight is 263 g/mol. The van der Waals surface area contributed by atoms with Gasteiger partial charge in [0.15, 0.2) is 0 Å². The topological polar surface area (TPSA) is 69.4 Å². The number of benzene rings is 1. The molecule has 0 aliphatic heterocycles. The van der Waals surface area contributed by atoms with E-state index in [1.165, 1.54) is 6.92 Å². The van der Waals surface area contributed by atoms with E-state index in [4.69, 9.17) is 4.74 Å². The molecule has 0 saturated heterocycles. The van der Waals surface area contributed by atoms with Crippen molar-refractivity contribution in [2.75, 3.05) is 13.7 Å². The molecular weight excluding hydrogens is 246 g/mol. The van der Waals surface area contributed by atoms with Gasteiger partial charge in [0.25, 0.3) is 0 Å². The summed E-state index contributed by atoms with van der Waals surface area (Å²) in [5.41, 5.74) is 0.915. The smallest absolute Gasteiger partial charge is 0.210 e. The normalized spacial score (nSPS) is 12.3. The fourth-order valence-electron chi connectivity index (χ4n) is 1.72. The molecule has 1 aromatic rings. The first-order chi connectivity index (χ1) is 9.01. The minimum Gasteiger partial charge on any atom is -0.497 e. The van der Waals surface area contributed by atoms with Gasteiger partial charge in [-0.3, -0.25) is 10.1 Å². The van der Waals surface area contributed by atoms with Gasteiger partial charge < -0.3 is 9.53 Å². The highest BCUT2D eigenvalue weighted by atomic mass is 16.6. The van der Waals surface area contributed by atoms with Gasteiger partial charge in [0.05, 0.1) is 7.11 Å². The van der Waals surface area contributed by atoms with Crippen LogP contribution in [-0.4, -0.2) is 24.4 Å². The van der Waals surface area contributed by atoms with Crippen molar-refractivity contribution in [3.05, 3.63) is 46.0 Å². The van der Waals surface area contributed by atoms with Gasteiger partial charge in [-0.15, -0.1) is 0 Å². The number of methoxy groups -OCH3 is 1. The van der Waals surface area contributed by atoms with E-state index in [2.05, 4.69) is 0 Å². The van der Waals surface area contributed by atoms with E-state index < -0.39 is 4.92 Å². The summed E-state index contributed by atoms with van der Waals surface area (Å²) in [4.78, 5) is 21.2. The lowest BCUT2D eigenvalue weighted by atomic mass is 10.0. The molecule has 0 aromatic heterocycles. The van der Waals surface area contributed by atoms with Crippen molar-refractivity contribution in [1.82, 2.24) is 0 Å². The van der Waals surface area contributed by atoms with Crippen molar-refractivity contribution < 1.29 is 14.5 Å². The zero-order chi connectivity index (χ0) is 14.3. The van der Waals surface area contributed by atoms with E-state index in [9.17, 15) is 14.9 Å². The van der Waals surface area contributed by atoms with Crippen LogP contribution >= 0.6 is 0 Å². The Labute approximate surface area is 112 Å². The number of hydrogen-bond donors (Lipinski definition) is 0. The van der Waals surface area contributed by atoms with Crippen LogP contribution in [0.5, 0.6) is 5.75 Å². The lowest BCUT2D eigenvalue weighted by Crippen LogP contribution is -2.14. The van der Waals surface area contributed by atoms with E-state index in [0.717, 1.165) is 11.3 Å². The van der Waals surface area contributed by atoms with Crippen LogP contribution < -0.4 is 4.74 Å². The van der Waals surface area contributed by atoms with Gasteiger partial charge in [0, 0.05) is 17.3 Å². The zero-order valence-corrected chi connectivity index (χ0v) is 11.0. The molecule has 0 heterocycles. The van der Waals surface area contributed by atoms with Crippen LogP contribution in [0.3, 0.4) is 0 Å². The Balaban J connectivity index is 2.72. The third kappa shape index (κ3) is 5.81. The molecular formula is C14H17NO4. The molecule has 0 N–H and O–H groups in total.